The van der Waals surface area contributed by atoms with Crippen molar-refractivity contribution in [2.24, 2.45) is 0 Å². The molecule has 1 saturated heterocycles. The molecule has 1 aromatic carbocycles. The lowest BCUT2D eigenvalue weighted by molar-refractivity contribution is 0.154. The van der Waals surface area contributed by atoms with Crippen molar-refractivity contribution >= 4 is 15.9 Å². The Morgan fingerprint density at radius 2 is 2.13 bits per heavy atom. The zero-order chi connectivity index (χ0) is 10.7. The Kier molecular flexibility index (Phi) is 3.78. The van der Waals surface area contributed by atoms with Crippen molar-refractivity contribution in [2.45, 2.75) is 31.4 Å². The molecule has 2 rings (SSSR count). The van der Waals surface area contributed by atoms with Gasteiger partial charge >= 0.3 is 0 Å². The first-order valence-electron chi connectivity index (χ1n) is 5.42. The molecule has 15 heavy (non-hydrogen) atoms. The summed E-state index contributed by atoms with van der Waals surface area (Å²) in [4.78, 5) is 0. The van der Waals surface area contributed by atoms with Crippen LogP contribution in [0.3, 0.4) is 0 Å². The van der Waals surface area contributed by atoms with Gasteiger partial charge in [0, 0.05) is 10.5 Å². The maximum Gasteiger partial charge on any atom is 0.0804 e. The van der Waals surface area contributed by atoms with Crippen LogP contribution in [0.5, 0.6) is 0 Å². The summed E-state index contributed by atoms with van der Waals surface area (Å²) < 4.78 is 1.05. The number of halogens is 1. The molecule has 1 heterocycles. The van der Waals surface area contributed by atoms with E-state index in [1.807, 2.05) is 24.3 Å². The number of rotatable bonds is 3. The highest BCUT2D eigenvalue weighted by molar-refractivity contribution is 9.10. The van der Waals surface area contributed by atoms with E-state index in [1.54, 1.807) is 0 Å². The Morgan fingerprint density at radius 1 is 1.40 bits per heavy atom. The van der Waals surface area contributed by atoms with Gasteiger partial charge in [-0.25, -0.2) is 0 Å². The summed E-state index contributed by atoms with van der Waals surface area (Å²) in [5.74, 6) is 0. The van der Waals surface area contributed by atoms with Gasteiger partial charge in [0.2, 0.25) is 0 Å². The van der Waals surface area contributed by atoms with E-state index in [1.165, 1.54) is 12.8 Å². The van der Waals surface area contributed by atoms with Gasteiger partial charge in [0.25, 0.3) is 0 Å². The third-order valence-corrected chi connectivity index (χ3v) is 3.45. The number of aliphatic hydroxyl groups excluding tert-OH is 1. The van der Waals surface area contributed by atoms with Crippen molar-refractivity contribution in [3.63, 3.8) is 0 Å². The van der Waals surface area contributed by atoms with Crippen LogP contribution in [0, 0.1) is 0 Å². The Bertz CT molecular complexity index is 306. The van der Waals surface area contributed by atoms with Crippen LogP contribution in [-0.2, 0) is 0 Å². The van der Waals surface area contributed by atoms with Gasteiger partial charge in [0.15, 0.2) is 0 Å². The Labute approximate surface area is 98.8 Å². The maximum atomic E-state index is 10.0. The third kappa shape index (κ3) is 3.03. The number of benzene rings is 1. The fourth-order valence-electron chi connectivity index (χ4n) is 2.05. The third-order valence-electron chi connectivity index (χ3n) is 2.92. The van der Waals surface area contributed by atoms with E-state index in [0.29, 0.717) is 6.04 Å². The first-order valence-corrected chi connectivity index (χ1v) is 6.22. The summed E-state index contributed by atoms with van der Waals surface area (Å²) >= 11 is 3.39. The van der Waals surface area contributed by atoms with Crippen LogP contribution in [0.1, 0.15) is 30.9 Å². The molecule has 0 amide bonds. The van der Waals surface area contributed by atoms with Crippen LogP contribution < -0.4 is 5.32 Å². The Balaban J connectivity index is 1.94. The van der Waals surface area contributed by atoms with Crippen molar-refractivity contribution < 1.29 is 5.11 Å². The second kappa shape index (κ2) is 5.10. The topological polar surface area (TPSA) is 32.3 Å². The molecule has 2 N–H and O–H groups in total. The van der Waals surface area contributed by atoms with Crippen molar-refractivity contribution in [3.8, 4) is 0 Å². The number of hydrogen-bond acceptors (Lipinski definition) is 2. The molecular formula is C12H16BrNO. The van der Waals surface area contributed by atoms with Crippen LogP contribution in [0.4, 0.5) is 0 Å². The summed E-state index contributed by atoms with van der Waals surface area (Å²) in [7, 11) is 0. The lowest BCUT2D eigenvalue weighted by atomic mass is 10.0. The largest absolute Gasteiger partial charge is 0.388 e. The molecule has 3 heteroatoms. The van der Waals surface area contributed by atoms with Gasteiger partial charge in [0.05, 0.1) is 6.10 Å². The molecule has 0 radical (unpaired) electrons. The van der Waals surface area contributed by atoms with Crippen molar-refractivity contribution in [2.75, 3.05) is 6.54 Å². The molecule has 0 aromatic heterocycles. The normalized spacial score (nSPS) is 22.9. The van der Waals surface area contributed by atoms with Gasteiger partial charge in [-0.3, -0.25) is 0 Å². The van der Waals surface area contributed by atoms with E-state index < -0.39 is 0 Å². The smallest absolute Gasteiger partial charge is 0.0804 e. The molecule has 1 aliphatic rings. The molecular weight excluding hydrogens is 254 g/mol. The van der Waals surface area contributed by atoms with Crippen LogP contribution in [0.2, 0.25) is 0 Å². The molecule has 0 aliphatic carbocycles. The van der Waals surface area contributed by atoms with Gasteiger partial charge in [-0.15, -0.1) is 0 Å². The van der Waals surface area contributed by atoms with E-state index >= 15 is 0 Å². The highest BCUT2D eigenvalue weighted by Gasteiger charge is 2.18. The fraction of sp³-hybridized carbons (Fsp3) is 0.500. The van der Waals surface area contributed by atoms with Crippen LogP contribution >= 0.6 is 15.9 Å². The van der Waals surface area contributed by atoms with Crippen molar-refractivity contribution in [1.29, 1.82) is 0 Å². The lowest BCUT2D eigenvalue weighted by Crippen LogP contribution is -2.23. The minimum absolute atomic E-state index is 0.339. The van der Waals surface area contributed by atoms with Gasteiger partial charge in [-0.1, -0.05) is 28.1 Å². The Hall–Kier alpha value is -0.380. The number of hydrogen-bond donors (Lipinski definition) is 2. The molecule has 1 fully saturated rings. The van der Waals surface area contributed by atoms with Crippen molar-refractivity contribution in [3.05, 3.63) is 34.3 Å². The quantitative estimate of drug-likeness (QED) is 0.885. The zero-order valence-corrected chi connectivity index (χ0v) is 10.2. The summed E-state index contributed by atoms with van der Waals surface area (Å²) in [5.41, 5.74) is 1.01. The number of aliphatic hydroxyl groups is 1. The van der Waals surface area contributed by atoms with Gasteiger partial charge in [-0.05, 0) is 43.5 Å². The van der Waals surface area contributed by atoms with E-state index in [0.717, 1.165) is 23.0 Å². The number of nitrogens with one attached hydrogen (secondary N) is 1. The van der Waals surface area contributed by atoms with Crippen molar-refractivity contribution in [1.82, 2.24) is 5.32 Å². The van der Waals surface area contributed by atoms with Gasteiger partial charge < -0.3 is 10.4 Å². The van der Waals surface area contributed by atoms with E-state index in [4.69, 9.17) is 0 Å². The van der Waals surface area contributed by atoms with E-state index in [2.05, 4.69) is 21.2 Å². The first-order chi connectivity index (χ1) is 7.25. The fourth-order valence-corrected chi connectivity index (χ4v) is 2.31. The highest BCUT2D eigenvalue weighted by Crippen LogP contribution is 2.23. The van der Waals surface area contributed by atoms with Gasteiger partial charge in [-0.2, -0.15) is 0 Å². The average Bonchev–Trinajstić information content (AvgIpc) is 2.71. The molecule has 0 saturated carbocycles. The maximum absolute atomic E-state index is 10.0. The molecule has 2 atom stereocenters. The molecule has 82 valence electrons. The lowest BCUT2D eigenvalue weighted by Gasteiger charge is -2.16. The molecule has 2 unspecified atom stereocenters. The monoisotopic (exact) mass is 269 g/mol. The predicted molar refractivity (Wildman–Crippen MR) is 64.7 cm³/mol. The molecule has 0 spiro atoms. The standard InChI is InChI=1S/C12H16BrNO/c13-10-5-3-9(4-6-10)12(15)8-11-2-1-7-14-11/h3-6,11-12,14-15H,1-2,7-8H2. The first kappa shape index (κ1) is 11.1. The minimum Gasteiger partial charge on any atom is -0.388 e. The molecule has 2 nitrogen and oxygen atoms in total. The minimum atomic E-state index is -0.339. The molecule has 0 bridgehead atoms. The van der Waals surface area contributed by atoms with Crippen LogP contribution in [-0.4, -0.2) is 17.7 Å². The molecule has 1 aliphatic heterocycles. The summed E-state index contributed by atoms with van der Waals surface area (Å²) in [6.45, 7) is 1.09. The second-order valence-electron chi connectivity index (χ2n) is 4.10. The molecule has 1 aromatic rings. The summed E-state index contributed by atoms with van der Waals surface area (Å²) in [6.07, 6.45) is 2.90. The average molecular weight is 270 g/mol. The van der Waals surface area contributed by atoms with Crippen LogP contribution in [0.25, 0.3) is 0 Å². The summed E-state index contributed by atoms with van der Waals surface area (Å²) in [5, 5.41) is 13.4. The highest BCUT2D eigenvalue weighted by atomic mass is 79.9. The van der Waals surface area contributed by atoms with Gasteiger partial charge in [0.1, 0.15) is 0 Å². The second-order valence-corrected chi connectivity index (χ2v) is 5.01. The zero-order valence-electron chi connectivity index (χ0n) is 8.62. The summed E-state index contributed by atoms with van der Waals surface area (Å²) in [6, 6.07) is 8.39. The van der Waals surface area contributed by atoms with E-state index in [9.17, 15) is 5.11 Å². The van der Waals surface area contributed by atoms with E-state index in [-0.39, 0.29) is 6.10 Å². The van der Waals surface area contributed by atoms with Crippen LogP contribution in [0.15, 0.2) is 28.7 Å². The predicted octanol–water partition coefficient (Wildman–Crippen LogP) is 2.62. The Morgan fingerprint density at radius 3 is 2.73 bits per heavy atom. The SMILES string of the molecule is OC(CC1CCCN1)c1ccc(Br)cc1.